The van der Waals surface area contributed by atoms with Gasteiger partial charge in [0.1, 0.15) is 11.3 Å². The van der Waals surface area contributed by atoms with Gasteiger partial charge in [-0.15, -0.1) is 0 Å². The van der Waals surface area contributed by atoms with Gasteiger partial charge in [-0.05, 0) is 23.8 Å². The zero-order valence-electron chi connectivity index (χ0n) is 11.8. The number of phenols is 1. The van der Waals surface area contributed by atoms with Crippen LogP contribution in [0.5, 0.6) is 5.75 Å². The molecule has 0 spiro atoms. The van der Waals surface area contributed by atoms with E-state index in [1.807, 2.05) is 43.3 Å². The van der Waals surface area contributed by atoms with Gasteiger partial charge in [0.25, 0.3) is 5.56 Å². The van der Waals surface area contributed by atoms with Crippen LogP contribution in [0.1, 0.15) is 0 Å². The first kappa shape index (κ1) is 13.2. The molecule has 0 bridgehead atoms. The molecular weight excluding hydrogens is 266 g/mol. The third kappa shape index (κ3) is 2.23. The number of nitrogens with zero attached hydrogens (tertiary/aromatic N) is 2. The summed E-state index contributed by atoms with van der Waals surface area (Å²) in [5.41, 5.74) is 2.78. The van der Waals surface area contributed by atoms with E-state index in [-0.39, 0.29) is 11.3 Å². The number of aromatic nitrogens is 2. The topological polar surface area (TPSA) is 69.2 Å². The van der Waals surface area contributed by atoms with Crippen molar-refractivity contribution in [3.63, 3.8) is 0 Å². The molecule has 21 heavy (non-hydrogen) atoms. The van der Waals surface area contributed by atoms with Crippen molar-refractivity contribution in [3.8, 4) is 16.9 Å². The van der Waals surface area contributed by atoms with Crippen molar-refractivity contribution in [2.45, 2.75) is 0 Å². The number of hydrogen-bond acceptors (Lipinski definition) is 4. The highest BCUT2D eigenvalue weighted by Crippen LogP contribution is 2.34. The van der Waals surface area contributed by atoms with Crippen LogP contribution in [0.15, 0.2) is 47.5 Å². The van der Waals surface area contributed by atoms with Gasteiger partial charge >= 0.3 is 0 Å². The SMILES string of the molecule is CN(C)c1ccccc1-c1cc(O)c2nc[nH]c(=O)c2c1. The molecule has 0 saturated carbocycles. The summed E-state index contributed by atoms with van der Waals surface area (Å²) in [7, 11) is 3.90. The summed E-state index contributed by atoms with van der Waals surface area (Å²) in [5, 5.41) is 10.5. The Morgan fingerprint density at radius 3 is 2.71 bits per heavy atom. The summed E-state index contributed by atoms with van der Waals surface area (Å²) in [4.78, 5) is 20.5. The first-order chi connectivity index (χ1) is 10.1. The lowest BCUT2D eigenvalue weighted by atomic mass is 10.0. The number of phenolic OH excluding ortho intramolecular Hbond substituents is 1. The highest BCUT2D eigenvalue weighted by atomic mass is 16.3. The van der Waals surface area contributed by atoms with Crippen LogP contribution in [0.2, 0.25) is 0 Å². The first-order valence-corrected chi connectivity index (χ1v) is 6.55. The monoisotopic (exact) mass is 281 g/mol. The largest absolute Gasteiger partial charge is 0.506 e. The minimum absolute atomic E-state index is 0.00200. The average molecular weight is 281 g/mol. The number of para-hydroxylation sites is 1. The molecule has 0 fully saturated rings. The van der Waals surface area contributed by atoms with Crippen molar-refractivity contribution < 1.29 is 5.11 Å². The lowest BCUT2D eigenvalue weighted by Gasteiger charge is -2.17. The fraction of sp³-hybridized carbons (Fsp3) is 0.125. The normalized spacial score (nSPS) is 10.8. The van der Waals surface area contributed by atoms with E-state index >= 15 is 0 Å². The zero-order chi connectivity index (χ0) is 15.0. The number of H-pyrrole nitrogens is 1. The van der Waals surface area contributed by atoms with Crippen molar-refractivity contribution in [2.24, 2.45) is 0 Å². The number of hydrogen-bond donors (Lipinski definition) is 2. The van der Waals surface area contributed by atoms with Crippen molar-refractivity contribution in [2.75, 3.05) is 19.0 Å². The van der Waals surface area contributed by atoms with E-state index in [0.29, 0.717) is 10.9 Å². The fourth-order valence-corrected chi connectivity index (χ4v) is 2.42. The molecule has 0 aliphatic heterocycles. The zero-order valence-corrected chi connectivity index (χ0v) is 11.8. The molecule has 3 aromatic rings. The van der Waals surface area contributed by atoms with Gasteiger partial charge in [0, 0.05) is 25.3 Å². The second kappa shape index (κ2) is 4.94. The van der Waals surface area contributed by atoms with Crippen LogP contribution in [0.4, 0.5) is 5.69 Å². The van der Waals surface area contributed by atoms with E-state index in [4.69, 9.17) is 0 Å². The molecular formula is C16H15N3O2. The van der Waals surface area contributed by atoms with Crippen molar-refractivity contribution in [1.82, 2.24) is 9.97 Å². The second-order valence-corrected chi connectivity index (χ2v) is 5.03. The predicted octanol–water partition coefficient (Wildman–Crippen LogP) is 2.36. The number of fused-ring (bicyclic) bond motifs is 1. The maximum Gasteiger partial charge on any atom is 0.258 e. The van der Waals surface area contributed by atoms with Crippen molar-refractivity contribution in [1.29, 1.82) is 0 Å². The molecule has 2 N–H and O–H groups in total. The standard InChI is InChI=1S/C16H15N3O2/c1-19(2)13-6-4-3-5-11(13)10-7-12-15(14(20)8-10)17-9-18-16(12)21/h3-9,20H,1-2H3,(H,17,18,21). The summed E-state index contributed by atoms with van der Waals surface area (Å²) in [6.45, 7) is 0. The molecule has 2 aromatic carbocycles. The van der Waals surface area contributed by atoms with Crippen LogP contribution in [0, 0.1) is 0 Å². The molecule has 0 radical (unpaired) electrons. The van der Waals surface area contributed by atoms with Gasteiger partial charge in [-0.2, -0.15) is 0 Å². The van der Waals surface area contributed by atoms with E-state index in [9.17, 15) is 9.90 Å². The van der Waals surface area contributed by atoms with E-state index in [0.717, 1.165) is 16.8 Å². The Morgan fingerprint density at radius 1 is 1.19 bits per heavy atom. The number of rotatable bonds is 2. The van der Waals surface area contributed by atoms with Gasteiger partial charge in [-0.25, -0.2) is 4.98 Å². The highest BCUT2D eigenvalue weighted by Gasteiger charge is 2.11. The molecule has 0 aliphatic carbocycles. The Morgan fingerprint density at radius 2 is 1.95 bits per heavy atom. The fourth-order valence-electron chi connectivity index (χ4n) is 2.42. The van der Waals surface area contributed by atoms with Crippen LogP contribution in [-0.4, -0.2) is 29.2 Å². The number of aromatic amines is 1. The molecule has 0 unspecified atom stereocenters. The van der Waals surface area contributed by atoms with Crippen LogP contribution in [0.25, 0.3) is 22.0 Å². The van der Waals surface area contributed by atoms with E-state index in [2.05, 4.69) is 9.97 Å². The molecule has 0 atom stereocenters. The third-order valence-electron chi connectivity index (χ3n) is 3.42. The summed E-state index contributed by atoms with van der Waals surface area (Å²) in [6, 6.07) is 11.2. The molecule has 0 amide bonds. The van der Waals surface area contributed by atoms with Crippen LogP contribution >= 0.6 is 0 Å². The molecule has 0 aliphatic rings. The molecule has 1 aromatic heterocycles. The quantitative estimate of drug-likeness (QED) is 0.756. The Bertz CT molecular complexity index is 869. The summed E-state index contributed by atoms with van der Waals surface area (Å²) in [5.74, 6) is 0.00200. The van der Waals surface area contributed by atoms with Gasteiger partial charge in [0.05, 0.1) is 11.7 Å². The molecule has 106 valence electrons. The predicted molar refractivity (Wildman–Crippen MR) is 83.8 cm³/mol. The molecule has 1 heterocycles. The second-order valence-electron chi connectivity index (χ2n) is 5.03. The van der Waals surface area contributed by atoms with Crippen LogP contribution in [0.3, 0.4) is 0 Å². The maximum absolute atomic E-state index is 11.9. The van der Waals surface area contributed by atoms with Crippen LogP contribution in [-0.2, 0) is 0 Å². The Labute approximate surface area is 121 Å². The number of nitrogens with one attached hydrogen (secondary N) is 1. The average Bonchev–Trinajstić information content (AvgIpc) is 2.48. The number of benzene rings is 2. The van der Waals surface area contributed by atoms with Gasteiger partial charge in [0.2, 0.25) is 0 Å². The van der Waals surface area contributed by atoms with E-state index in [1.165, 1.54) is 6.33 Å². The highest BCUT2D eigenvalue weighted by molar-refractivity contribution is 5.91. The third-order valence-corrected chi connectivity index (χ3v) is 3.42. The van der Waals surface area contributed by atoms with Gasteiger partial charge in [-0.1, -0.05) is 18.2 Å². The van der Waals surface area contributed by atoms with Gasteiger partial charge in [0.15, 0.2) is 0 Å². The van der Waals surface area contributed by atoms with Gasteiger partial charge < -0.3 is 15.0 Å². The number of aromatic hydroxyl groups is 1. The molecule has 0 saturated heterocycles. The Balaban J connectivity index is 2.32. The van der Waals surface area contributed by atoms with Gasteiger partial charge in [-0.3, -0.25) is 4.79 Å². The first-order valence-electron chi connectivity index (χ1n) is 6.55. The van der Waals surface area contributed by atoms with Crippen molar-refractivity contribution >= 4 is 16.6 Å². The maximum atomic E-state index is 11.9. The lowest BCUT2D eigenvalue weighted by Crippen LogP contribution is -2.10. The van der Waals surface area contributed by atoms with E-state index in [1.54, 1.807) is 12.1 Å². The summed E-state index contributed by atoms with van der Waals surface area (Å²) >= 11 is 0. The molecule has 5 heteroatoms. The minimum Gasteiger partial charge on any atom is -0.506 e. The summed E-state index contributed by atoms with van der Waals surface area (Å²) in [6.07, 6.45) is 1.29. The van der Waals surface area contributed by atoms with Crippen molar-refractivity contribution in [3.05, 3.63) is 53.1 Å². The summed E-state index contributed by atoms with van der Waals surface area (Å²) < 4.78 is 0. The Kier molecular flexibility index (Phi) is 3.10. The van der Waals surface area contributed by atoms with Crippen LogP contribution < -0.4 is 10.5 Å². The lowest BCUT2D eigenvalue weighted by molar-refractivity contribution is 0.480. The minimum atomic E-state index is -0.264. The smallest absolute Gasteiger partial charge is 0.258 e. The van der Waals surface area contributed by atoms with E-state index < -0.39 is 0 Å². The molecule has 5 nitrogen and oxygen atoms in total. The molecule has 3 rings (SSSR count). The Hall–Kier alpha value is -2.82. The number of anilines is 1.